The molecule has 0 aromatic rings. The van der Waals surface area contributed by atoms with Gasteiger partial charge in [0.2, 0.25) is 0 Å². The predicted molar refractivity (Wildman–Crippen MR) is 30.5 cm³/mol. The van der Waals surface area contributed by atoms with Gasteiger partial charge in [0.25, 0.3) is 0 Å². The molecule has 0 aliphatic carbocycles. The minimum absolute atomic E-state index is 0.406. The Bertz CT molecular complexity index is 72.1. The monoisotopic (exact) mass is 119 g/mol. The van der Waals surface area contributed by atoms with E-state index >= 15 is 0 Å². The van der Waals surface area contributed by atoms with Crippen LogP contribution in [0.3, 0.4) is 0 Å². The van der Waals surface area contributed by atoms with Crippen LogP contribution >= 0.6 is 11.6 Å². The molecule has 0 aromatic carbocycles. The van der Waals surface area contributed by atoms with Crippen LogP contribution in [-0.4, -0.2) is 12.3 Å². The van der Waals surface area contributed by atoms with Crippen LogP contribution in [0.15, 0.2) is 17.8 Å². The standard InChI is InChI=1S/C4H6ClNO/c1-2-3-7-6-4-5/h2,4H,1,3H2. The molecule has 0 bridgehead atoms. The van der Waals surface area contributed by atoms with Crippen LogP contribution in [0.2, 0.25) is 0 Å². The zero-order valence-electron chi connectivity index (χ0n) is 3.80. The molecule has 0 aromatic heterocycles. The van der Waals surface area contributed by atoms with Gasteiger partial charge in [-0.25, -0.2) is 0 Å². The van der Waals surface area contributed by atoms with E-state index in [9.17, 15) is 0 Å². The van der Waals surface area contributed by atoms with Crippen molar-refractivity contribution in [1.29, 1.82) is 0 Å². The fourth-order valence-corrected chi connectivity index (χ4v) is 0.180. The molecule has 0 radical (unpaired) electrons. The molecular formula is C4H6ClNO. The van der Waals surface area contributed by atoms with Crippen LogP contribution in [0.25, 0.3) is 0 Å². The van der Waals surface area contributed by atoms with E-state index in [1.165, 1.54) is 0 Å². The molecule has 0 N–H and O–H groups in total. The van der Waals surface area contributed by atoms with Gasteiger partial charge in [0, 0.05) is 0 Å². The first-order valence-corrected chi connectivity index (χ1v) is 2.20. The van der Waals surface area contributed by atoms with Gasteiger partial charge in [-0.15, -0.1) is 0 Å². The number of halogens is 1. The van der Waals surface area contributed by atoms with Crippen molar-refractivity contribution in [2.45, 2.75) is 0 Å². The Morgan fingerprint density at radius 2 is 2.57 bits per heavy atom. The Morgan fingerprint density at radius 1 is 1.86 bits per heavy atom. The van der Waals surface area contributed by atoms with Gasteiger partial charge in [-0.3, -0.25) is 0 Å². The number of nitrogens with zero attached hydrogens (tertiary/aromatic N) is 1. The van der Waals surface area contributed by atoms with E-state index in [0.717, 1.165) is 5.67 Å². The molecule has 3 heteroatoms. The lowest BCUT2D eigenvalue weighted by Gasteiger charge is -1.85. The van der Waals surface area contributed by atoms with Crippen molar-refractivity contribution in [2.75, 3.05) is 6.61 Å². The average molecular weight is 120 g/mol. The Kier molecular flexibility index (Phi) is 5.11. The Labute approximate surface area is 47.4 Å². The molecule has 40 valence electrons. The van der Waals surface area contributed by atoms with E-state index in [4.69, 9.17) is 11.6 Å². The third-order valence-corrected chi connectivity index (χ3v) is 0.386. The van der Waals surface area contributed by atoms with Crippen molar-refractivity contribution in [2.24, 2.45) is 5.16 Å². The second-order valence-electron chi connectivity index (χ2n) is 0.787. The molecule has 0 aliphatic rings. The molecule has 0 fully saturated rings. The van der Waals surface area contributed by atoms with E-state index in [1.807, 2.05) is 0 Å². The zero-order chi connectivity index (χ0) is 5.54. The highest BCUT2D eigenvalue weighted by Crippen LogP contribution is 1.74. The molecule has 0 saturated heterocycles. The van der Waals surface area contributed by atoms with E-state index in [0.29, 0.717) is 6.61 Å². The van der Waals surface area contributed by atoms with Gasteiger partial charge >= 0.3 is 0 Å². The van der Waals surface area contributed by atoms with Gasteiger partial charge in [-0.05, 0) is 0 Å². The molecule has 0 spiro atoms. The molecule has 0 aliphatic heterocycles. The van der Waals surface area contributed by atoms with Crippen LogP contribution < -0.4 is 0 Å². The van der Waals surface area contributed by atoms with Gasteiger partial charge in [-0.1, -0.05) is 29.4 Å². The number of rotatable bonds is 3. The van der Waals surface area contributed by atoms with Gasteiger partial charge in [-0.2, -0.15) is 0 Å². The maximum absolute atomic E-state index is 4.99. The smallest absolute Gasteiger partial charge is 0.135 e. The number of hydrogen-bond donors (Lipinski definition) is 0. The lowest BCUT2D eigenvalue weighted by atomic mass is 10.7. The quantitative estimate of drug-likeness (QED) is 0.238. The molecule has 7 heavy (non-hydrogen) atoms. The maximum Gasteiger partial charge on any atom is 0.135 e. The SMILES string of the molecule is C=CCON=CCl. The fraction of sp³-hybridized carbons (Fsp3) is 0.250. The highest BCUT2D eigenvalue weighted by atomic mass is 35.5. The van der Waals surface area contributed by atoms with Crippen molar-refractivity contribution in [3.8, 4) is 0 Å². The third-order valence-electron chi connectivity index (χ3n) is 0.307. The van der Waals surface area contributed by atoms with Crippen molar-refractivity contribution in [3.63, 3.8) is 0 Å². The Balaban J connectivity index is 2.82. The summed E-state index contributed by atoms with van der Waals surface area (Å²) in [4.78, 5) is 4.45. The number of hydrogen-bond acceptors (Lipinski definition) is 2. The largest absolute Gasteiger partial charge is 0.391 e. The molecule has 0 unspecified atom stereocenters. The molecule has 0 rings (SSSR count). The maximum atomic E-state index is 4.99. The average Bonchev–Trinajstić information content (AvgIpc) is 1.69. The van der Waals surface area contributed by atoms with Crippen LogP contribution in [0.1, 0.15) is 0 Å². The van der Waals surface area contributed by atoms with E-state index in [2.05, 4.69) is 16.6 Å². The summed E-state index contributed by atoms with van der Waals surface area (Å²) in [6.07, 6.45) is 1.59. The Morgan fingerprint density at radius 3 is 3.00 bits per heavy atom. The van der Waals surface area contributed by atoms with Crippen LogP contribution in [0.4, 0.5) is 0 Å². The first kappa shape index (κ1) is 6.50. The molecule has 0 amide bonds. The second kappa shape index (κ2) is 5.50. The van der Waals surface area contributed by atoms with E-state index < -0.39 is 0 Å². The van der Waals surface area contributed by atoms with Crippen LogP contribution in [0, 0.1) is 0 Å². The van der Waals surface area contributed by atoms with Crippen molar-refractivity contribution >= 4 is 17.3 Å². The zero-order valence-corrected chi connectivity index (χ0v) is 4.56. The first-order chi connectivity index (χ1) is 3.41. The van der Waals surface area contributed by atoms with E-state index in [1.54, 1.807) is 6.08 Å². The minimum atomic E-state index is 0.406. The predicted octanol–water partition coefficient (Wildman–Crippen LogP) is 1.37. The minimum Gasteiger partial charge on any atom is -0.391 e. The lowest BCUT2D eigenvalue weighted by molar-refractivity contribution is 0.177. The normalized spacial score (nSPS) is 9.29. The van der Waals surface area contributed by atoms with Gasteiger partial charge in [0.05, 0.1) is 0 Å². The molecular weight excluding hydrogens is 114 g/mol. The highest BCUT2D eigenvalue weighted by molar-refractivity contribution is 6.56. The van der Waals surface area contributed by atoms with Crippen molar-refractivity contribution in [1.82, 2.24) is 0 Å². The van der Waals surface area contributed by atoms with Gasteiger partial charge < -0.3 is 4.84 Å². The second-order valence-corrected chi connectivity index (χ2v) is 0.983. The summed E-state index contributed by atoms with van der Waals surface area (Å²) in [5, 5.41) is 3.23. The van der Waals surface area contributed by atoms with E-state index in [-0.39, 0.29) is 0 Å². The summed E-state index contributed by atoms with van der Waals surface area (Å²) in [6.45, 7) is 3.80. The van der Waals surface area contributed by atoms with Crippen LogP contribution in [0.5, 0.6) is 0 Å². The van der Waals surface area contributed by atoms with Gasteiger partial charge in [0.1, 0.15) is 12.3 Å². The fourth-order valence-electron chi connectivity index (χ4n) is 0.124. The molecule has 0 saturated carbocycles. The van der Waals surface area contributed by atoms with Gasteiger partial charge in [0.15, 0.2) is 0 Å². The van der Waals surface area contributed by atoms with Crippen LogP contribution in [-0.2, 0) is 4.84 Å². The summed E-state index contributed by atoms with van der Waals surface area (Å²) in [5.41, 5.74) is 1.06. The summed E-state index contributed by atoms with van der Waals surface area (Å²) >= 11 is 4.99. The van der Waals surface area contributed by atoms with Crippen molar-refractivity contribution in [3.05, 3.63) is 12.7 Å². The summed E-state index contributed by atoms with van der Waals surface area (Å²) in [5.74, 6) is 0. The summed E-state index contributed by atoms with van der Waals surface area (Å²) in [6, 6.07) is 0. The third kappa shape index (κ3) is 5.50. The molecule has 0 atom stereocenters. The first-order valence-electron chi connectivity index (χ1n) is 1.76. The Hall–Kier alpha value is -0.500. The summed E-state index contributed by atoms with van der Waals surface area (Å²) in [7, 11) is 0. The molecule has 2 nitrogen and oxygen atoms in total. The number of oxime groups is 1. The topological polar surface area (TPSA) is 21.6 Å². The highest BCUT2D eigenvalue weighted by Gasteiger charge is 1.66. The summed E-state index contributed by atoms with van der Waals surface area (Å²) < 4.78 is 0. The van der Waals surface area contributed by atoms with Crippen molar-refractivity contribution < 1.29 is 4.84 Å². The molecule has 0 heterocycles. The lowest BCUT2D eigenvalue weighted by Crippen LogP contribution is -1.77.